The number of carbonyl (C=O) groups is 1. The lowest BCUT2D eigenvalue weighted by Crippen LogP contribution is -2.33. The molecule has 2 atom stereocenters. The van der Waals surface area contributed by atoms with Gasteiger partial charge in [0.15, 0.2) is 11.5 Å². The Labute approximate surface area is 188 Å². The molecule has 1 fully saturated rings. The number of nitrogens with zero attached hydrogens (tertiary/aromatic N) is 2. The fraction of sp³-hybridized carbons (Fsp3) is 0.526. The smallest absolute Gasteiger partial charge is 0.435 e. The van der Waals surface area contributed by atoms with E-state index in [0.29, 0.717) is 12.8 Å². The highest BCUT2D eigenvalue weighted by atomic mass is 32.2. The van der Waals surface area contributed by atoms with Crippen LogP contribution in [0.1, 0.15) is 50.4 Å². The Hall–Kier alpha value is -3.03. The average molecular weight is 491 g/mol. The Balaban J connectivity index is 1.68. The molecule has 14 heteroatoms. The zero-order valence-electron chi connectivity index (χ0n) is 18.2. The molecular formula is C19H25F3N6O4S. The second-order valence-corrected chi connectivity index (χ2v) is 9.88. The summed E-state index contributed by atoms with van der Waals surface area (Å²) in [5.74, 6) is 0.138. The number of alkyl halides is 3. The maximum Gasteiger partial charge on any atom is 0.435 e. The van der Waals surface area contributed by atoms with Gasteiger partial charge in [-0.1, -0.05) is 0 Å². The van der Waals surface area contributed by atoms with Crippen LogP contribution in [0.2, 0.25) is 0 Å². The molecule has 10 nitrogen and oxygen atoms in total. The summed E-state index contributed by atoms with van der Waals surface area (Å²) in [5.41, 5.74) is -1.29. The van der Waals surface area contributed by atoms with Gasteiger partial charge in [-0.2, -0.15) is 18.3 Å². The highest BCUT2D eigenvalue weighted by Gasteiger charge is 2.37. The highest BCUT2D eigenvalue weighted by Crippen LogP contribution is 2.37. The van der Waals surface area contributed by atoms with Gasteiger partial charge in [0, 0.05) is 23.7 Å². The number of anilines is 3. The van der Waals surface area contributed by atoms with Gasteiger partial charge in [0.2, 0.25) is 10.0 Å². The van der Waals surface area contributed by atoms with Gasteiger partial charge in [0.1, 0.15) is 11.9 Å². The van der Waals surface area contributed by atoms with Crippen molar-refractivity contribution in [3.63, 3.8) is 0 Å². The summed E-state index contributed by atoms with van der Waals surface area (Å²) in [4.78, 5) is 15.3. The van der Waals surface area contributed by atoms with Crippen molar-refractivity contribution in [1.82, 2.24) is 20.5 Å². The van der Waals surface area contributed by atoms with Crippen LogP contribution in [0, 0.1) is 0 Å². The number of nitrogens with one attached hydrogen (secondary N) is 4. The number of alkyl carbamates (subject to hydrolysis) is 1. The number of pyridine rings is 1. The van der Waals surface area contributed by atoms with Crippen LogP contribution in [0.15, 0.2) is 18.2 Å². The molecule has 1 amide bonds. The molecule has 33 heavy (non-hydrogen) atoms. The van der Waals surface area contributed by atoms with Crippen LogP contribution in [0.25, 0.3) is 0 Å². The first-order valence-corrected chi connectivity index (χ1v) is 12.0. The zero-order chi connectivity index (χ0) is 24.4. The Morgan fingerprint density at radius 1 is 1.24 bits per heavy atom. The van der Waals surface area contributed by atoms with Crippen molar-refractivity contribution in [3.05, 3.63) is 29.6 Å². The molecule has 1 saturated carbocycles. The fourth-order valence-corrected chi connectivity index (χ4v) is 4.08. The van der Waals surface area contributed by atoms with Crippen molar-refractivity contribution in [2.24, 2.45) is 0 Å². The molecule has 2 aromatic heterocycles. The number of H-pyrrole nitrogens is 1. The molecule has 0 bridgehead atoms. The lowest BCUT2D eigenvalue weighted by molar-refractivity contribution is -0.140. The van der Waals surface area contributed by atoms with Gasteiger partial charge in [-0.3, -0.25) is 9.82 Å². The predicted molar refractivity (Wildman–Crippen MR) is 115 cm³/mol. The Bertz CT molecular complexity index is 1100. The molecule has 0 radical (unpaired) electrons. The predicted octanol–water partition coefficient (Wildman–Crippen LogP) is 3.71. The molecule has 2 heterocycles. The number of hydrogen-bond donors (Lipinski definition) is 4. The van der Waals surface area contributed by atoms with Gasteiger partial charge >= 0.3 is 12.3 Å². The largest absolute Gasteiger partial charge is 0.446 e. The van der Waals surface area contributed by atoms with Gasteiger partial charge in [0.05, 0.1) is 11.9 Å². The molecule has 1 aliphatic rings. The van der Waals surface area contributed by atoms with Crippen molar-refractivity contribution in [2.45, 2.75) is 57.3 Å². The van der Waals surface area contributed by atoms with Gasteiger partial charge in [-0.25, -0.2) is 18.2 Å². The standard InChI is InChI=1S/C19H25F3N6O4S/c1-10(2)23-18(29)32-12-5-4-11(8-12)14-9-16(27-26-14)24-15-7-6-13(28-33(3,30)31)17(25-15)19(20,21)22/h6-7,9-12,28H,4-5,8H2,1-3H3,(H,23,29)(H2,24,25,26,27). The number of aromatic amines is 1. The molecule has 0 saturated heterocycles. The lowest BCUT2D eigenvalue weighted by Gasteiger charge is -2.14. The number of halogens is 3. The van der Waals surface area contributed by atoms with E-state index in [0.717, 1.165) is 24.4 Å². The molecule has 1 aliphatic carbocycles. The first-order valence-electron chi connectivity index (χ1n) is 10.2. The quantitative estimate of drug-likeness (QED) is 0.464. The van der Waals surface area contributed by atoms with E-state index < -0.39 is 33.7 Å². The van der Waals surface area contributed by atoms with E-state index in [1.165, 1.54) is 6.07 Å². The summed E-state index contributed by atoms with van der Waals surface area (Å²) in [6, 6.07) is 3.81. The highest BCUT2D eigenvalue weighted by molar-refractivity contribution is 7.92. The molecule has 2 aromatic rings. The van der Waals surface area contributed by atoms with E-state index in [4.69, 9.17) is 4.74 Å². The number of hydrogen-bond acceptors (Lipinski definition) is 7. The normalized spacial score (nSPS) is 18.9. The maximum atomic E-state index is 13.4. The minimum Gasteiger partial charge on any atom is -0.446 e. The topological polar surface area (TPSA) is 138 Å². The first-order chi connectivity index (χ1) is 15.3. The molecular weight excluding hydrogens is 465 g/mol. The molecule has 3 rings (SSSR count). The van der Waals surface area contributed by atoms with Crippen LogP contribution >= 0.6 is 0 Å². The summed E-state index contributed by atoms with van der Waals surface area (Å²) in [6.45, 7) is 3.67. The third kappa shape index (κ3) is 6.97. The van der Waals surface area contributed by atoms with Crippen molar-refractivity contribution < 1.29 is 31.1 Å². The van der Waals surface area contributed by atoms with Crippen LogP contribution in [0.3, 0.4) is 0 Å². The third-order valence-corrected chi connectivity index (χ3v) is 5.41. The fourth-order valence-electron chi connectivity index (χ4n) is 3.52. The van der Waals surface area contributed by atoms with Gasteiger partial charge in [-0.15, -0.1) is 0 Å². The average Bonchev–Trinajstić information content (AvgIpc) is 3.29. The SMILES string of the molecule is CC(C)NC(=O)OC1CCC(c2cc(Nc3ccc(NS(C)(=O)=O)c(C(F)(F)F)n3)n[nH]2)C1. The molecule has 182 valence electrons. The first kappa shape index (κ1) is 24.6. The number of sulfonamides is 1. The van der Waals surface area contributed by atoms with Gasteiger partial charge < -0.3 is 15.4 Å². The zero-order valence-corrected chi connectivity index (χ0v) is 19.0. The summed E-state index contributed by atoms with van der Waals surface area (Å²) in [7, 11) is -3.92. The van der Waals surface area contributed by atoms with E-state index in [1.807, 2.05) is 18.6 Å². The van der Waals surface area contributed by atoms with Crippen LogP contribution in [0.4, 0.5) is 35.3 Å². The van der Waals surface area contributed by atoms with Gasteiger partial charge in [-0.05, 0) is 45.2 Å². The van der Waals surface area contributed by atoms with Crippen molar-refractivity contribution in [3.8, 4) is 0 Å². The lowest BCUT2D eigenvalue weighted by atomic mass is 10.0. The van der Waals surface area contributed by atoms with E-state index in [9.17, 15) is 26.4 Å². The molecule has 4 N–H and O–H groups in total. The van der Waals surface area contributed by atoms with E-state index in [2.05, 4.69) is 25.8 Å². The number of rotatable bonds is 7. The van der Waals surface area contributed by atoms with E-state index in [1.54, 1.807) is 6.07 Å². The van der Waals surface area contributed by atoms with Crippen LogP contribution in [-0.4, -0.2) is 48.1 Å². The Morgan fingerprint density at radius 2 is 1.97 bits per heavy atom. The van der Waals surface area contributed by atoms with Crippen molar-refractivity contribution in [1.29, 1.82) is 0 Å². The molecule has 2 unspecified atom stereocenters. The summed E-state index contributed by atoms with van der Waals surface area (Å²) in [6.07, 6.45) is -2.80. The van der Waals surface area contributed by atoms with E-state index >= 15 is 0 Å². The Morgan fingerprint density at radius 3 is 2.61 bits per heavy atom. The van der Waals surface area contributed by atoms with Crippen LogP contribution in [0.5, 0.6) is 0 Å². The Kier molecular flexibility index (Phi) is 7.05. The summed E-state index contributed by atoms with van der Waals surface area (Å²) >= 11 is 0. The molecule has 0 aromatic carbocycles. The number of carbonyl (C=O) groups excluding carboxylic acids is 1. The summed E-state index contributed by atoms with van der Waals surface area (Å²) < 4.78 is 70.0. The second-order valence-electron chi connectivity index (χ2n) is 8.13. The van der Waals surface area contributed by atoms with Gasteiger partial charge in [0.25, 0.3) is 0 Å². The second kappa shape index (κ2) is 9.45. The minimum absolute atomic E-state index is 0.0290. The third-order valence-electron chi connectivity index (χ3n) is 4.82. The monoisotopic (exact) mass is 490 g/mol. The van der Waals surface area contributed by atoms with E-state index in [-0.39, 0.29) is 29.7 Å². The number of amides is 1. The van der Waals surface area contributed by atoms with Crippen molar-refractivity contribution >= 4 is 33.4 Å². The molecule has 0 aliphatic heterocycles. The van der Waals surface area contributed by atoms with Crippen LogP contribution < -0.4 is 15.4 Å². The maximum absolute atomic E-state index is 13.4. The van der Waals surface area contributed by atoms with Crippen molar-refractivity contribution in [2.75, 3.05) is 16.3 Å². The summed E-state index contributed by atoms with van der Waals surface area (Å²) in [5, 5.41) is 12.3. The van der Waals surface area contributed by atoms with Crippen LogP contribution in [-0.2, 0) is 20.9 Å². The number of aromatic nitrogens is 3. The minimum atomic E-state index is -4.87. The molecule has 0 spiro atoms. The number of ether oxygens (including phenoxy) is 1.